The normalized spacial score (nSPS) is 10.5. The van der Waals surface area contributed by atoms with Crippen molar-refractivity contribution in [2.45, 2.75) is 26.4 Å². The average molecular weight is 276 g/mol. The summed E-state index contributed by atoms with van der Waals surface area (Å²) < 4.78 is 16.4. The molecule has 108 valence electrons. The van der Waals surface area contributed by atoms with Crippen LogP contribution in [0.15, 0.2) is 35.0 Å². The van der Waals surface area contributed by atoms with E-state index in [1.165, 1.54) is 0 Å². The molecule has 1 aromatic heterocycles. The maximum Gasteiger partial charge on any atom is 0.174 e. The largest absolute Gasteiger partial charge is 0.493 e. The van der Waals surface area contributed by atoms with E-state index < -0.39 is 0 Å². The number of aromatic nitrogens is 1. The minimum atomic E-state index is 0.342. The van der Waals surface area contributed by atoms with Gasteiger partial charge in [-0.2, -0.15) is 0 Å². The Morgan fingerprint density at radius 1 is 1.25 bits per heavy atom. The van der Waals surface area contributed by atoms with Gasteiger partial charge in [-0.15, -0.1) is 0 Å². The highest BCUT2D eigenvalue weighted by molar-refractivity contribution is 5.41. The predicted molar refractivity (Wildman–Crippen MR) is 75.8 cm³/mol. The highest BCUT2D eigenvalue weighted by Gasteiger charge is 2.07. The standard InChI is InChI=1S/C15H20N2O3/c1-2-9-18-13-4-3-12(5-7-16)15(10-13)19-11-14-6-8-17-20-14/h3-4,6,8,10H,2,5,7,9,11,16H2,1H3. The fraction of sp³-hybridized carbons (Fsp3) is 0.400. The van der Waals surface area contributed by atoms with Gasteiger partial charge in [0, 0.05) is 12.1 Å². The van der Waals surface area contributed by atoms with Crippen molar-refractivity contribution in [2.24, 2.45) is 5.73 Å². The van der Waals surface area contributed by atoms with Crippen LogP contribution in [0.4, 0.5) is 0 Å². The zero-order chi connectivity index (χ0) is 14.2. The molecule has 0 saturated carbocycles. The molecule has 2 N–H and O–H groups in total. The smallest absolute Gasteiger partial charge is 0.174 e. The second-order valence-electron chi connectivity index (χ2n) is 4.42. The number of ether oxygens (including phenoxy) is 2. The van der Waals surface area contributed by atoms with Gasteiger partial charge in [0.1, 0.15) is 18.1 Å². The Kier molecular flexibility index (Phi) is 5.43. The van der Waals surface area contributed by atoms with Gasteiger partial charge < -0.3 is 19.7 Å². The van der Waals surface area contributed by atoms with Gasteiger partial charge in [-0.3, -0.25) is 0 Å². The van der Waals surface area contributed by atoms with Gasteiger partial charge in [-0.25, -0.2) is 0 Å². The molecule has 5 nitrogen and oxygen atoms in total. The highest BCUT2D eigenvalue weighted by Crippen LogP contribution is 2.26. The number of hydrogen-bond acceptors (Lipinski definition) is 5. The molecule has 0 saturated heterocycles. The molecule has 2 rings (SSSR count). The van der Waals surface area contributed by atoms with E-state index >= 15 is 0 Å². The Bertz CT molecular complexity index is 512. The molecule has 2 aromatic rings. The minimum absolute atomic E-state index is 0.342. The van der Waals surface area contributed by atoms with Crippen molar-refractivity contribution in [3.8, 4) is 11.5 Å². The van der Waals surface area contributed by atoms with Crippen LogP contribution in [0.3, 0.4) is 0 Å². The van der Waals surface area contributed by atoms with Gasteiger partial charge in [-0.1, -0.05) is 18.1 Å². The van der Waals surface area contributed by atoms with Crippen LogP contribution in [0, 0.1) is 0 Å². The second kappa shape index (κ2) is 7.55. The SMILES string of the molecule is CCCOc1ccc(CCN)c(OCc2ccno2)c1. The average Bonchev–Trinajstić information content (AvgIpc) is 2.98. The summed E-state index contributed by atoms with van der Waals surface area (Å²) in [4.78, 5) is 0. The first-order chi connectivity index (χ1) is 9.83. The van der Waals surface area contributed by atoms with Crippen LogP contribution in [0.1, 0.15) is 24.7 Å². The van der Waals surface area contributed by atoms with Crippen LogP contribution in [0.2, 0.25) is 0 Å². The number of rotatable bonds is 8. The predicted octanol–water partition coefficient (Wildman–Crippen LogP) is 2.54. The van der Waals surface area contributed by atoms with Crippen LogP contribution >= 0.6 is 0 Å². The quantitative estimate of drug-likeness (QED) is 0.802. The summed E-state index contributed by atoms with van der Waals surface area (Å²) in [5, 5.41) is 3.65. The summed E-state index contributed by atoms with van der Waals surface area (Å²) in [5.41, 5.74) is 6.69. The fourth-order valence-corrected chi connectivity index (χ4v) is 1.81. The molecule has 0 aliphatic rings. The summed E-state index contributed by atoms with van der Waals surface area (Å²) in [6.45, 7) is 3.69. The van der Waals surface area contributed by atoms with Crippen molar-refractivity contribution in [2.75, 3.05) is 13.2 Å². The maximum absolute atomic E-state index is 5.79. The molecule has 0 atom stereocenters. The van der Waals surface area contributed by atoms with E-state index in [1.54, 1.807) is 12.3 Å². The van der Waals surface area contributed by atoms with E-state index in [1.807, 2.05) is 18.2 Å². The van der Waals surface area contributed by atoms with Gasteiger partial charge in [0.15, 0.2) is 5.76 Å². The van der Waals surface area contributed by atoms with Crippen molar-refractivity contribution >= 4 is 0 Å². The summed E-state index contributed by atoms with van der Waals surface area (Å²) in [6.07, 6.45) is 3.33. The fourth-order valence-electron chi connectivity index (χ4n) is 1.81. The molecule has 0 aliphatic heterocycles. The summed E-state index contributed by atoms with van der Waals surface area (Å²) in [6, 6.07) is 7.62. The molecule has 0 amide bonds. The zero-order valence-electron chi connectivity index (χ0n) is 11.7. The van der Waals surface area contributed by atoms with Crippen LogP contribution in [-0.2, 0) is 13.0 Å². The van der Waals surface area contributed by atoms with Crippen molar-refractivity contribution in [3.63, 3.8) is 0 Å². The van der Waals surface area contributed by atoms with E-state index in [-0.39, 0.29) is 0 Å². The molecule has 1 aromatic carbocycles. The van der Waals surface area contributed by atoms with Crippen molar-refractivity contribution in [3.05, 3.63) is 41.8 Å². The molecule has 5 heteroatoms. The topological polar surface area (TPSA) is 70.5 Å². The van der Waals surface area contributed by atoms with Gasteiger partial charge in [-0.05, 0) is 31.0 Å². The number of nitrogens with zero attached hydrogens (tertiary/aromatic N) is 1. The minimum Gasteiger partial charge on any atom is -0.493 e. The highest BCUT2D eigenvalue weighted by atomic mass is 16.5. The van der Waals surface area contributed by atoms with Crippen LogP contribution in [0.25, 0.3) is 0 Å². The Labute approximate surface area is 118 Å². The molecule has 0 bridgehead atoms. The summed E-state index contributed by atoms with van der Waals surface area (Å²) in [7, 11) is 0. The lowest BCUT2D eigenvalue weighted by Crippen LogP contribution is -2.06. The second-order valence-corrected chi connectivity index (χ2v) is 4.42. The van der Waals surface area contributed by atoms with Crippen LogP contribution in [0.5, 0.6) is 11.5 Å². The third-order valence-electron chi connectivity index (χ3n) is 2.79. The number of nitrogens with two attached hydrogens (primary N) is 1. The first kappa shape index (κ1) is 14.4. The number of benzene rings is 1. The maximum atomic E-state index is 5.79. The van der Waals surface area contributed by atoms with Gasteiger partial charge in [0.05, 0.1) is 12.8 Å². The van der Waals surface area contributed by atoms with Gasteiger partial charge in [0.2, 0.25) is 0 Å². The van der Waals surface area contributed by atoms with E-state index in [2.05, 4.69) is 12.1 Å². The van der Waals surface area contributed by atoms with Crippen molar-refractivity contribution in [1.82, 2.24) is 5.16 Å². The molecule has 0 fully saturated rings. The van der Waals surface area contributed by atoms with Crippen LogP contribution in [-0.4, -0.2) is 18.3 Å². The Hall–Kier alpha value is -2.01. The molecular formula is C15H20N2O3. The third-order valence-corrected chi connectivity index (χ3v) is 2.79. The molecule has 20 heavy (non-hydrogen) atoms. The molecule has 0 aliphatic carbocycles. The van der Waals surface area contributed by atoms with Crippen molar-refractivity contribution < 1.29 is 14.0 Å². The monoisotopic (exact) mass is 276 g/mol. The van der Waals surface area contributed by atoms with Crippen molar-refractivity contribution in [1.29, 1.82) is 0 Å². The molecule has 0 radical (unpaired) electrons. The first-order valence-corrected chi connectivity index (χ1v) is 6.81. The van der Waals surface area contributed by atoms with Gasteiger partial charge in [0.25, 0.3) is 0 Å². The third kappa shape index (κ3) is 3.99. The van der Waals surface area contributed by atoms with Gasteiger partial charge >= 0.3 is 0 Å². The van der Waals surface area contributed by atoms with Crippen LogP contribution < -0.4 is 15.2 Å². The molecule has 0 unspecified atom stereocenters. The molecular weight excluding hydrogens is 256 g/mol. The van der Waals surface area contributed by atoms with E-state index in [0.717, 1.165) is 29.9 Å². The lowest BCUT2D eigenvalue weighted by atomic mass is 10.1. The van der Waals surface area contributed by atoms with E-state index in [0.29, 0.717) is 25.5 Å². The lowest BCUT2D eigenvalue weighted by molar-refractivity contribution is 0.245. The number of hydrogen-bond donors (Lipinski definition) is 1. The molecule has 0 spiro atoms. The zero-order valence-corrected chi connectivity index (χ0v) is 11.7. The summed E-state index contributed by atoms with van der Waals surface area (Å²) >= 11 is 0. The Morgan fingerprint density at radius 3 is 2.85 bits per heavy atom. The Morgan fingerprint density at radius 2 is 2.15 bits per heavy atom. The lowest BCUT2D eigenvalue weighted by Gasteiger charge is -2.12. The first-order valence-electron chi connectivity index (χ1n) is 6.81. The van der Waals surface area contributed by atoms with E-state index in [9.17, 15) is 0 Å². The molecule has 1 heterocycles. The van der Waals surface area contributed by atoms with E-state index in [4.69, 9.17) is 19.7 Å². The summed E-state index contributed by atoms with van der Waals surface area (Å²) in [5.74, 6) is 2.27. The Balaban J connectivity index is 2.08.